The van der Waals surface area contributed by atoms with Crippen molar-refractivity contribution in [3.63, 3.8) is 0 Å². The Morgan fingerprint density at radius 1 is 1.86 bits per heavy atom. The molecule has 0 radical (unpaired) electrons. The number of rotatable bonds is 1. The van der Waals surface area contributed by atoms with Crippen LogP contribution in [0.4, 0.5) is 0 Å². The lowest BCUT2D eigenvalue weighted by molar-refractivity contribution is 0.282. The molecule has 0 atom stereocenters. The smallest absolute Gasteiger partial charge is 0.138 e. The maximum atomic E-state index is 4.89. The Kier molecular flexibility index (Phi) is 1.19. The molecule has 0 aromatic carbocycles. The number of ether oxygens (including phenoxy) is 1. The molecule has 0 aromatic rings. The predicted octanol–water partition coefficient (Wildman–Crippen LogP) is 1.47. The third kappa shape index (κ3) is 0.847. The summed E-state index contributed by atoms with van der Waals surface area (Å²) in [5.41, 5.74) is 2.98. The van der Waals surface area contributed by atoms with E-state index in [-0.39, 0.29) is 0 Å². The van der Waals surface area contributed by atoms with E-state index < -0.39 is 0 Å². The van der Waals surface area contributed by atoms with Gasteiger partial charge in [-0.1, -0.05) is 5.73 Å². The van der Waals surface area contributed by atoms with Crippen LogP contribution < -0.4 is 0 Å². The molecule has 0 aliphatic heterocycles. The fourth-order valence-corrected chi connectivity index (χ4v) is 0.622. The van der Waals surface area contributed by atoms with Gasteiger partial charge in [-0.25, -0.2) is 0 Å². The van der Waals surface area contributed by atoms with Crippen molar-refractivity contribution in [1.82, 2.24) is 0 Å². The molecule has 0 fully saturated rings. The third-order valence-electron chi connectivity index (χ3n) is 1.03. The summed E-state index contributed by atoms with van der Waals surface area (Å²) in [4.78, 5) is 0. The molecule has 0 amide bonds. The molecule has 0 aromatic heterocycles. The van der Waals surface area contributed by atoms with Crippen molar-refractivity contribution < 1.29 is 4.74 Å². The molecular formula is C6H8O. The van der Waals surface area contributed by atoms with Gasteiger partial charge in [0.05, 0.1) is 7.11 Å². The summed E-state index contributed by atoms with van der Waals surface area (Å²) in [7, 11) is 1.68. The summed E-state index contributed by atoms with van der Waals surface area (Å²) in [5.74, 6) is 0.986. The van der Waals surface area contributed by atoms with Crippen LogP contribution in [0.25, 0.3) is 0 Å². The standard InChI is InChI=1S/C6H8O/c1-7-6-4-2-3-5-6/h2H,3,5H2,1H3. The molecule has 0 saturated carbocycles. The van der Waals surface area contributed by atoms with Gasteiger partial charge in [0.15, 0.2) is 0 Å². The van der Waals surface area contributed by atoms with Gasteiger partial charge in [0.1, 0.15) is 5.76 Å². The second-order valence-electron chi connectivity index (χ2n) is 1.51. The van der Waals surface area contributed by atoms with Gasteiger partial charge in [-0.3, -0.25) is 0 Å². The lowest BCUT2D eigenvalue weighted by atomic mass is 10.4. The Morgan fingerprint density at radius 3 is 3.00 bits per heavy atom. The largest absolute Gasteiger partial charge is 0.493 e. The van der Waals surface area contributed by atoms with Crippen molar-refractivity contribution in [2.45, 2.75) is 12.8 Å². The molecule has 38 valence electrons. The van der Waals surface area contributed by atoms with Gasteiger partial charge >= 0.3 is 0 Å². The van der Waals surface area contributed by atoms with E-state index in [9.17, 15) is 0 Å². The van der Waals surface area contributed by atoms with Crippen LogP contribution in [0.1, 0.15) is 12.8 Å². The molecule has 1 heteroatoms. The highest BCUT2D eigenvalue weighted by Gasteiger charge is 1.95. The van der Waals surface area contributed by atoms with Gasteiger partial charge in [-0.2, -0.15) is 0 Å². The van der Waals surface area contributed by atoms with Crippen LogP contribution in [-0.2, 0) is 4.74 Å². The van der Waals surface area contributed by atoms with Crippen LogP contribution in [0.2, 0.25) is 0 Å². The zero-order valence-electron chi connectivity index (χ0n) is 4.40. The Morgan fingerprint density at radius 2 is 2.71 bits per heavy atom. The fourth-order valence-electron chi connectivity index (χ4n) is 0.622. The van der Waals surface area contributed by atoms with Gasteiger partial charge < -0.3 is 4.74 Å². The van der Waals surface area contributed by atoms with Gasteiger partial charge in [-0.05, 0) is 12.5 Å². The van der Waals surface area contributed by atoms with E-state index in [4.69, 9.17) is 4.74 Å². The van der Waals surface area contributed by atoms with Gasteiger partial charge in [-0.15, -0.1) is 0 Å². The SMILES string of the molecule is COC1=C=CCC1. The topological polar surface area (TPSA) is 9.23 Å². The summed E-state index contributed by atoms with van der Waals surface area (Å²) in [6.45, 7) is 0. The second-order valence-corrected chi connectivity index (χ2v) is 1.51. The Labute approximate surface area is 43.3 Å². The minimum absolute atomic E-state index is 0.986. The Hall–Kier alpha value is -0.680. The average Bonchev–Trinajstić information content (AvgIpc) is 2.14. The molecule has 0 heterocycles. The maximum Gasteiger partial charge on any atom is 0.138 e. The van der Waals surface area contributed by atoms with Crippen LogP contribution in [0.3, 0.4) is 0 Å². The Balaban J connectivity index is 2.54. The summed E-state index contributed by atoms with van der Waals surface area (Å²) < 4.78 is 4.89. The van der Waals surface area contributed by atoms with Crippen molar-refractivity contribution in [2.75, 3.05) is 7.11 Å². The van der Waals surface area contributed by atoms with Gasteiger partial charge in [0.2, 0.25) is 0 Å². The van der Waals surface area contributed by atoms with Crippen LogP contribution in [0, 0.1) is 0 Å². The first-order valence-electron chi connectivity index (χ1n) is 2.41. The summed E-state index contributed by atoms with van der Waals surface area (Å²) in [6, 6.07) is 0. The molecule has 1 nitrogen and oxygen atoms in total. The first-order valence-corrected chi connectivity index (χ1v) is 2.41. The first-order chi connectivity index (χ1) is 3.43. The monoisotopic (exact) mass is 96.1 g/mol. The van der Waals surface area contributed by atoms with Crippen molar-refractivity contribution in [1.29, 1.82) is 0 Å². The van der Waals surface area contributed by atoms with Crippen molar-refractivity contribution in [3.8, 4) is 0 Å². The van der Waals surface area contributed by atoms with E-state index in [1.54, 1.807) is 7.11 Å². The minimum Gasteiger partial charge on any atom is -0.493 e. The van der Waals surface area contributed by atoms with Gasteiger partial charge in [0, 0.05) is 6.42 Å². The zero-order valence-corrected chi connectivity index (χ0v) is 4.40. The molecule has 0 spiro atoms. The highest BCUT2D eigenvalue weighted by atomic mass is 16.5. The van der Waals surface area contributed by atoms with E-state index in [1.165, 1.54) is 0 Å². The molecular weight excluding hydrogens is 88.1 g/mol. The molecule has 0 saturated heterocycles. The van der Waals surface area contributed by atoms with E-state index in [0.717, 1.165) is 18.6 Å². The van der Waals surface area contributed by atoms with Gasteiger partial charge in [0.25, 0.3) is 0 Å². The van der Waals surface area contributed by atoms with Crippen molar-refractivity contribution >= 4 is 0 Å². The van der Waals surface area contributed by atoms with E-state index >= 15 is 0 Å². The lowest BCUT2D eigenvalue weighted by Crippen LogP contribution is -1.77. The fraction of sp³-hybridized carbons (Fsp3) is 0.500. The molecule has 0 unspecified atom stereocenters. The van der Waals surface area contributed by atoms with E-state index in [0.29, 0.717) is 0 Å². The molecule has 1 aliphatic rings. The van der Waals surface area contributed by atoms with Crippen LogP contribution in [0.5, 0.6) is 0 Å². The predicted molar refractivity (Wildman–Crippen MR) is 27.8 cm³/mol. The van der Waals surface area contributed by atoms with Crippen LogP contribution >= 0.6 is 0 Å². The zero-order chi connectivity index (χ0) is 5.11. The molecule has 1 rings (SSSR count). The average molecular weight is 96.1 g/mol. The third-order valence-corrected chi connectivity index (χ3v) is 1.03. The first kappa shape index (κ1) is 4.48. The van der Waals surface area contributed by atoms with Crippen molar-refractivity contribution in [2.24, 2.45) is 0 Å². The van der Waals surface area contributed by atoms with Crippen molar-refractivity contribution in [3.05, 3.63) is 17.6 Å². The molecule has 0 N–H and O–H groups in total. The quantitative estimate of drug-likeness (QED) is 0.449. The van der Waals surface area contributed by atoms with Crippen LogP contribution in [0.15, 0.2) is 17.6 Å². The number of hydrogen-bond acceptors (Lipinski definition) is 1. The normalized spacial score (nSPS) is 17.0. The highest BCUT2D eigenvalue weighted by molar-refractivity contribution is 5.01. The summed E-state index contributed by atoms with van der Waals surface area (Å²) in [5, 5.41) is 0. The summed E-state index contributed by atoms with van der Waals surface area (Å²) >= 11 is 0. The Bertz CT molecular complexity index is 114. The molecule has 0 bridgehead atoms. The van der Waals surface area contributed by atoms with E-state index in [1.807, 2.05) is 6.08 Å². The second kappa shape index (κ2) is 1.85. The minimum atomic E-state index is 0.986. The molecule has 1 aliphatic carbocycles. The summed E-state index contributed by atoms with van der Waals surface area (Å²) in [6.07, 6.45) is 4.14. The molecule has 7 heavy (non-hydrogen) atoms. The maximum absolute atomic E-state index is 4.89. The number of allylic oxidation sites excluding steroid dienone is 1. The van der Waals surface area contributed by atoms with E-state index in [2.05, 4.69) is 5.73 Å². The van der Waals surface area contributed by atoms with Crippen LogP contribution in [-0.4, -0.2) is 7.11 Å². The number of methoxy groups -OCH3 is 1. The highest BCUT2D eigenvalue weighted by Crippen LogP contribution is 2.09. The number of hydrogen-bond donors (Lipinski definition) is 0. The lowest BCUT2D eigenvalue weighted by Gasteiger charge is -1.92.